The summed E-state index contributed by atoms with van der Waals surface area (Å²) in [7, 11) is 0. The summed E-state index contributed by atoms with van der Waals surface area (Å²) in [6, 6.07) is 7.29. The molecule has 130 valence electrons. The Morgan fingerprint density at radius 2 is 1.79 bits per heavy atom. The van der Waals surface area contributed by atoms with Gasteiger partial charge in [0.2, 0.25) is 5.91 Å². The van der Waals surface area contributed by atoms with Crippen molar-refractivity contribution >= 4 is 17.8 Å². The fourth-order valence-electron chi connectivity index (χ4n) is 2.86. The second kappa shape index (κ2) is 8.33. The number of hydrogen-bond acceptors (Lipinski definition) is 4. The van der Waals surface area contributed by atoms with Crippen LogP contribution in [0.1, 0.15) is 31.2 Å². The Morgan fingerprint density at radius 1 is 1.12 bits per heavy atom. The summed E-state index contributed by atoms with van der Waals surface area (Å²) < 4.78 is 5.38. The van der Waals surface area contributed by atoms with Crippen LogP contribution in [0.2, 0.25) is 0 Å². The van der Waals surface area contributed by atoms with Crippen LogP contribution in [0.25, 0.3) is 0 Å². The molecule has 1 aliphatic carbocycles. The first-order chi connectivity index (χ1) is 11.5. The first-order valence-corrected chi connectivity index (χ1v) is 7.99. The van der Waals surface area contributed by atoms with Crippen LogP contribution in [-0.2, 0) is 14.4 Å². The quantitative estimate of drug-likeness (QED) is 0.706. The smallest absolute Gasteiger partial charge is 0.307 e. The third-order valence-corrected chi connectivity index (χ3v) is 4.20. The van der Waals surface area contributed by atoms with Crippen molar-refractivity contribution in [1.29, 1.82) is 0 Å². The maximum atomic E-state index is 12.1. The van der Waals surface area contributed by atoms with Crippen LogP contribution in [0, 0.1) is 18.8 Å². The highest BCUT2D eigenvalue weighted by Gasteiger charge is 2.35. The van der Waals surface area contributed by atoms with Gasteiger partial charge in [0.15, 0.2) is 6.61 Å². The highest BCUT2D eigenvalue weighted by Crippen LogP contribution is 2.30. The molecule has 1 aliphatic rings. The molecular weight excluding hydrogens is 312 g/mol. The lowest BCUT2D eigenvalue weighted by atomic mass is 9.79. The van der Waals surface area contributed by atoms with E-state index in [4.69, 9.17) is 4.74 Å². The van der Waals surface area contributed by atoms with Crippen LogP contribution in [0.15, 0.2) is 24.3 Å². The number of rotatable bonds is 5. The fraction of sp³-hybridized carbons (Fsp3) is 0.471. The Labute approximate surface area is 140 Å². The van der Waals surface area contributed by atoms with Crippen molar-refractivity contribution in [2.75, 3.05) is 6.61 Å². The topological polar surface area (TPSA) is 105 Å². The van der Waals surface area contributed by atoms with E-state index in [1.165, 1.54) is 0 Å². The van der Waals surface area contributed by atoms with Crippen LogP contribution in [-0.4, -0.2) is 29.5 Å². The number of aryl methyl sites for hydroxylation is 1. The number of hydrogen-bond donors (Lipinski definition) is 3. The molecule has 1 aromatic rings. The van der Waals surface area contributed by atoms with E-state index in [-0.39, 0.29) is 6.61 Å². The predicted molar refractivity (Wildman–Crippen MR) is 86.0 cm³/mol. The Hall–Kier alpha value is -2.57. The van der Waals surface area contributed by atoms with Crippen molar-refractivity contribution in [3.63, 3.8) is 0 Å². The Morgan fingerprint density at radius 3 is 2.46 bits per heavy atom. The molecule has 3 N–H and O–H groups in total. The monoisotopic (exact) mass is 334 g/mol. The van der Waals surface area contributed by atoms with Crippen molar-refractivity contribution in [3.8, 4) is 5.75 Å². The Kier molecular flexibility index (Phi) is 6.17. The summed E-state index contributed by atoms with van der Waals surface area (Å²) in [5.41, 5.74) is 5.48. The molecule has 0 radical (unpaired) electrons. The zero-order valence-corrected chi connectivity index (χ0v) is 13.6. The Balaban J connectivity index is 1.79. The van der Waals surface area contributed by atoms with Crippen LogP contribution >= 0.6 is 0 Å². The van der Waals surface area contributed by atoms with Crippen molar-refractivity contribution in [2.45, 2.75) is 32.6 Å². The van der Waals surface area contributed by atoms with Crippen molar-refractivity contribution in [2.24, 2.45) is 11.8 Å². The number of benzene rings is 1. The van der Waals surface area contributed by atoms with E-state index in [0.29, 0.717) is 18.6 Å². The average molecular weight is 334 g/mol. The van der Waals surface area contributed by atoms with Crippen LogP contribution in [0.3, 0.4) is 0 Å². The molecule has 0 saturated heterocycles. The summed E-state index contributed by atoms with van der Waals surface area (Å²) in [6.45, 7) is 1.63. The molecule has 24 heavy (non-hydrogen) atoms. The molecule has 2 amide bonds. The molecule has 0 spiro atoms. The van der Waals surface area contributed by atoms with Gasteiger partial charge in [-0.3, -0.25) is 25.2 Å². The van der Waals surface area contributed by atoms with Gasteiger partial charge in [-0.15, -0.1) is 0 Å². The van der Waals surface area contributed by atoms with E-state index in [1.54, 1.807) is 12.1 Å². The lowest BCUT2D eigenvalue weighted by Crippen LogP contribution is -2.49. The number of carboxylic acid groups (broad SMARTS) is 1. The molecule has 0 heterocycles. The number of aliphatic carboxylic acids is 1. The van der Waals surface area contributed by atoms with Gasteiger partial charge in [0.25, 0.3) is 5.91 Å². The molecule has 2 rings (SSSR count). The molecule has 1 saturated carbocycles. The van der Waals surface area contributed by atoms with Crippen LogP contribution in [0.5, 0.6) is 5.75 Å². The van der Waals surface area contributed by atoms with Crippen molar-refractivity contribution < 1.29 is 24.2 Å². The minimum atomic E-state index is -0.968. The molecule has 1 aromatic carbocycles. The number of ether oxygens (including phenoxy) is 1. The lowest BCUT2D eigenvalue weighted by molar-refractivity contribution is -0.149. The number of carbonyl (C=O) groups is 3. The van der Waals surface area contributed by atoms with Gasteiger partial charge in [-0.25, -0.2) is 0 Å². The summed E-state index contributed by atoms with van der Waals surface area (Å²) in [5.74, 6) is -2.66. The summed E-state index contributed by atoms with van der Waals surface area (Å²) in [5, 5.41) is 9.18. The van der Waals surface area contributed by atoms with Crippen LogP contribution < -0.4 is 15.6 Å². The average Bonchev–Trinajstić information content (AvgIpc) is 2.59. The van der Waals surface area contributed by atoms with E-state index in [9.17, 15) is 19.5 Å². The first kappa shape index (κ1) is 17.8. The number of hydrazine groups is 1. The molecule has 0 aromatic heterocycles. The van der Waals surface area contributed by atoms with Gasteiger partial charge in [0.1, 0.15) is 5.75 Å². The molecule has 7 nitrogen and oxygen atoms in total. The van der Waals surface area contributed by atoms with E-state index < -0.39 is 29.6 Å². The maximum Gasteiger partial charge on any atom is 0.307 e. The Bertz CT molecular complexity index is 617. The maximum absolute atomic E-state index is 12.1. The van der Waals surface area contributed by atoms with E-state index >= 15 is 0 Å². The molecular formula is C17H22N2O5. The minimum absolute atomic E-state index is 0.238. The van der Waals surface area contributed by atoms with Gasteiger partial charge in [0.05, 0.1) is 11.8 Å². The van der Waals surface area contributed by atoms with Gasteiger partial charge in [-0.05, 0) is 31.4 Å². The fourth-order valence-corrected chi connectivity index (χ4v) is 2.86. The van der Waals surface area contributed by atoms with Gasteiger partial charge in [-0.1, -0.05) is 31.0 Å². The van der Waals surface area contributed by atoms with Crippen LogP contribution in [0.4, 0.5) is 0 Å². The molecule has 2 atom stereocenters. The number of para-hydroxylation sites is 1. The largest absolute Gasteiger partial charge is 0.483 e. The number of carbonyl (C=O) groups excluding carboxylic acids is 2. The number of carboxylic acids is 1. The predicted octanol–water partition coefficient (Wildman–Crippen LogP) is 1.41. The summed E-state index contributed by atoms with van der Waals surface area (Å²) >= 11 is 0. The third-order valence-electron chi connectivity index (χ3n) is 4.20. The number of amides is 2. The molecule has 7 heteroatoms. The first-order valence-electron chi connectivity index (χ1n) is 7.99. The van der Waals surface area contributed by atoms with Gasteiger partial charge in [0, 0.05) is 0 Å². The standard InChI is InChI=1S/C17H22N2O5/c1-11-6-2-5-9-14(11)24-10-15(20)18-19-16(21)12-7-3-4-8-13(12)17(22)23/h2,5-6,9,12-13H,3-4,7-8,10H2,1H3,(H,18,20)(H,19,21)(H,22,23)/t12-,13-/m0/s1. The summed E-state index contributed by atoms with van der Waals surface area (Å²) in [4.78, 5) is 35.1. The highest BCUT2D eigenvalue weighted by molar-refractivity contribution is 5.87. The zero-order chi connectivity index (χ0) is 17.5. The van der Waals surface area contributed by atoms with E-state index in [1.807, 2.05) is 19.1 Å². The minimum Gasteiger partial charge on any atom is -0.483 e. The second-order valence-electron chi connectivity index (χ2n) is 5.93. The van der Waals surface area contributed by atoms with Gasteiger partial charge >= 0.3 is 5.97 Å². The van der Waals surface area contributed by atoms with E-state index in [2.05, 4.69) is 10.9 Å². The van der Waals surface area contributed by atoms with Crippen molar-refractivity contribution in [3.05, 3.63) is 29.8 Å². The SMILES string of the molecule is Cc1ccccc1OCC(=O)NNC(=O)[C@H]1CCCC[C@@H]1C(=O)O. The molecule has 1 fully saturated rings. The normalized spacial score (nSPS) is 20.0. The summed E-state index contributed by atoms with van der Waals surface area (Å²) in [6.07, 6.45) is 2.61. The molecule has 0 unspecified atom stereocenters. The van der Waals surface area contributed by atoms with E-state index in [0.717, 1.165) is 18.4 Å². The zero-order valence-electron chi connectivity index (χ0n) is 13.6. The van der Waals surface area contributed by atoms with Crippen molar-refractivity contribution in [1.82, 2.24) is 10.9 Å². The molecule has 0 aliphatic heterocycles. The number of nitrogens with one attached hydrogen (secondary N) is 2. The highest BCUT2D eigenvalue weighted by atomic mass is 16.5. The lowest BCUT2D eigenvalue weighted by Gasteiger charge is -2.27. The van der Waals surface area contributed by atoms with Gasteiger partial charge < -0.3 is 9.84 Å². The molecule has 0 bridgehead atoms. The van der Waals surface area contributed by atoms with Gasteiger partial charge in [-0.2, -0.15) is 0 Å². The second-order valence-corrected chi connectivity index (χ2v) is 5.93. The third kappa shape index (κ3) is 4.71.